The van der Waals surface area contributed by atoms with Gasteiger partial charge in [-0.3, -0.25) is 5.43 Å². The summed E-state index contributed by atoms with van der Waals surface area (Å²) in [5.41, 5.74) is 3.52. The Morgan fingerprint density at radius 1 is 1.53 bits per heavy atom. The van der Waals surface area contributed by atoms with Gasteiger partial charge in [-0.25, -0.2) is 15.2 Å². The molecule has 0 saturated heterocycles. The molecule has 0 amide bonds. The van der Waals surface area contributed by atoms with E-state index in [0.717, 1.165) is 5.56 Å². The number of guanidine groups is 1. The Morgan fingerprint density at radius 2 is 2.29 bits per heavy atom. The Hall–Kier alpha value is -1.66. The van der Waals surface area contributed by atoms with Gasteiger partial charge in [0.15, 0.2) is 0 Å². The third-order valence-electron chi connectivity index (χ3n) is 2.17. The van der Waals surface area contributed by atoms with Gasteiger partial charge in [0.05, 0.1) is 18.8 Å². The Balaban J connectivity index is 2.77. The van der Waals surface area contributed by atoms with Crippen LogP contribution in [0.5, 0.6) is 0 Å². The van der Waals surface area contributed by atoms with E-state index >= 15 is 0 Å². The van der Waals surface area contributed by atoms with Crippen molar-refractivity contribution in [2.45, 2.75) is 6.92 Å². The zero-order chi connectivity index (χ0) is 12.7. The Bertz CT molecular complexity index is 375. The van der Waals surface area contributed by atoms with Crippen LogP contribution in [0.25, 0.3) is 0 Å². The second kappa shape index (κ2) is 6.82. The molecule has 0 aliphatic carbocycles. The molecule has 0 radical (unpaired) electrons. The maximum absolute atomic E-state index is 13.5. The van der Waals surface area contributed by atoms with Gasteiger partial charge in [0.2, 0.25) is 5.96 Å². The molecule has 0 unspecified atom stereocenters. The number of methoxy groups -OCH3 is 1. The summed E-state index contributed by atoms with van der Waals surface area (Å²) in [6, 6.07) is 4.82. The van der Waals surface area contributed by atoms with E-state index in [0.29, 0.717) is 24.8 Å². The van der Waals surface area contributed by atoms with Crippen molar-refractivity contribution in [3.05, 3.63) is 29.6 Å². The van der Waals surface area contributed by atoms with Crippen molar-refractivity contribution in [3.8, 4) is 0 Å². The third-order valence-corrected chi connectivity index (χ3v) is 2.17. The van der Waals surface area contributed by atoms with Gasteiger partial charge in [-0.2, -0.15) is 0 Å². The summed E-state index contributed by atoms with van der Waals surface area (Å²) in [5.74, 6) is 5.25. The molecule has 0 heterocycles. The lowest BCUT2D eigenvalue weighted by molar-refractivity contribution is 0.208. The Labute approximate surface area is 99.8 Å². The summed E-state index contributed by atoms with van der Waals surface area (Å²) >= 11 is 0. The van der Waals surface area contributed by atoms with Crippen LogP contribution in [0.1, 0.15) is 5.56 Å². The first-order valence-electron chi connectivity index (χ1n) is 5.21. The molecule has 6 heteroatoms. The van der Waals surface area contributed by atoms with Crippen molar-refractivity contribution in [3.63, 3.8) is 0 Å². The van der Waals surface area contributed by atoms with E-state index in [2.05, 4.69) is 15.7 Å². The Morgan fingerprint density at radius 3 is 2.88 bits per heavy atom. The number of para-hydroxylation sites is 1. The van der Waals surface area contributed by atoms with Crippen LogP contribution in [0, 0.1) is 12.7 Å². The highest BCUT2D eigenvalue weighted by Crippen LogP contribution is 2.18. The molecule has 94 valence electrons. The summed E-state index contributed by atoms with van der Waals surface area (Å²) in [4.78, 5) is 4.09. The molecule has 0 aromatic heterocycles. The highest BCUT2D eigenvalue weighted by atomic mass is 19.1. The molecule has 5 nitrogen and oxygen atoms in total. The van der Waals surface area contributed by atoms with Gasteiger partial charge in [0, 0.05) is 7.11 Å². The number of anilines is 1. The van der Waals surface area contributed by atoms with Crippen molar-refractivity contribution < 1.29 is 9.13 Å². The van der Waals surface area contributed by atoms with Gasteiger partial charge in [-0.15, -0.1) is 0 Å². The lowest BCUT2D eigenvalue weighted by atomic mass is 10.2. The van der Waals surface area contributed by atoms with E-state index in [1.54, 1.807) is 26.2 Å². The topological polar surface area (TPSA) is 71.7 Å². The second-order valence-electron chi connectivity index (χ2n) is 3.42. The van der Waals surface area contributed by atoms with Gasteiger partial charge in [-0.1, -0.05) is 12.1 Å². The van der Waals surface area contributed by atoms with Crippen molar-refractivity contribution in [2.75, 3.05) is 25.6 Å². The maximum Gasteiger partial charge on any atom is 0.210 e. The summed E-state index contributed by atoms with van der Waals surface area (Å²) in [6.45, 7) is 2.72. The molecule has 1 rings (SSSR count). The number of nitrogens with two attached hydrogens (primary N) is 1. The molecular weight excluding hydrogens is 223 g/mol. The first kappa shape index (κ1) is 13.4. The number of aryl methyl sites for hydroxylation is 1. The van der Waals surface area contributed by atoms with Crippen molar-refractivity contribution in [1.82, 2.24) is 5.43 Å². The van der Waals surface area contributed by atoms with Crippen molar-refractivity contribution >= 4 is 11.6 Å². The highest BCUT2D eigenvalue weighted by Gasteiger charge is 2.06. The zero-order valence-electron chi connectivity index (χ0n) is 9.96. The zero-order valence-corrected chi connectivity index (χ0v) is 9.96. The number of hydrogen-bond donors (Lipinski definition) is 3. The first-order chi connectivity index (χ1) is 8.19. The predicted molar refractivity (Wildman–Crippen MR) is 66.3 cm³/mol. The highest BCUT2D eigenvalue weighted by molar-refractivity contribution is 5.94. The number of nitrogens with zero attached hydrogens (tertiary/aromatic N) is 1. The Kier molecular flexibility index (Phi) is 5.38. The van der Waals surface area contributed by atoms with Crippen LogP contribution >= 0.6 is 0 Å². The molecule has 0 spiro atoms. The van der Waals surface area contributed by atoms with Crippen LogP contribution in [0.15, 0.2) is 23.2 Å². The molecule has 0 bridgehead atoms. The molecule has 4 N–H and O–H groups in total. The number of rotatable bonds is 4. The summed E-state index contributed by atoms with van der Waals surface area (Å²) < 4.78 is 18.4. The largest absolute Gasteiger partial charge is 0.383 e. The fourth-order valence-electron chi connectivity index (χ4n) is 1.28. The number of ether oxygens (including phenoxy) is 1. The minimum atomic E-state index is -0.348. The fourth-order valence-corrected chi connectivity index (χ4v) is 1.28. The standard InChI is InChI=1S/C11H17FN4O/c1-8-4-3-5-9(12)10(8)15-11(16-13)14-6-7-17-2/h3-5H,6-7,13H2,1-2H3,(H2,14,15,16). The van der Waals surface area contributed by atoms with Crippen LogP contribution in [-0.2, 0) is 4.74 Å². The summed E-state index contributed by atoms with van der Waals surface area (Å²) in [7, 11) is 1.58. The molecule has 17 heavy (non-hydrogen) atoms. The minimum Gasteiger partial charge on any atom is -0.383 e. The lowest BCUT2D eigenvalue weighted by Gasteiger charge is -2.12. The number of aliphatic imine (C=N–C) groups is 1. The van der Waals surface area contributed by atoms with Crippen LogP contribution < -0.4 is 16.6 Å². The molecule has 1 aromatic rings. The number of hydrazine groups is 1. The molecule has 0 fully saturated rings. The van der Waals surface area contributed by atoms with Gasteiger partial charge in [-0.05, 0) is 18.6 Å². The number of benzene rings is 1. The van der Waals surface area contributed by atoms with Crippen molar-refractivity contribution in [1.29, 1.82) is 0 Å². The van der Waals surface area contributed by atoms with E-state index in [4.69, 9.17) is 10.6 Å². The maximum atomic E-state index is 13.5. The molecular formula is C11H17FN4O. The van der Waals surface area contributed by atoms with E-state index in [1.165, 1.54) is 6.07 Å². The molecule has 1 aromatic carbocycles. The van der Waals surface area contributed by atoms with Crippen LogP contribution in [0.2, 0.25) is 0 Å². The smallest absolute Gasteiger partial charge is 0.210 e. The van der Waals surface area contributed by atoms with Crippen LogP contribution in [0.4, 0.5) is 10.1 Å². The molecule has 0 aliphatic heterocycles. The second-order valence-corrected chi connectivity index (χ2v) is 3.42. The average Bonchev–Trinajstić information content (AvgIpc) is 2.32. The van der Waals surface area contributed by atoms with E-state index in [1.807, 2.05) is 0 Å². The molecule has 0 saturated carbocycles. The number of hydrogen-bond acceptors (Lipinski definition) is 3. The molecule has 0 aliphatic rings. The van der Waals surface area contributed by atoms with Crippen LogP contribution in [-0.4, -0.2) is 26.2 Å². The average molecular weight is 240 g/mol. The van der Waals surface area contributed by atoms with Gasteiger partial charge in [0.1, 0.15) is 5.82 Å². The summed E-state index contributed by atoms with van der Waals surface area (Å²) in [6.07, 6.45) is 0. The number of halogens is 1. The molecule has 0 atom stereocenters. The SMILES string of the molecule is COCCN=C(NN)Nc1c(C)cccc1F. The summed E-state index contributed by atoms with van der Waals surface area (Å²) in [5, 5.41) is 2.81. The number of nitrogens with one attached hydrogen (secondary N) is 2. The van der Waals surface area contributed by atoms with Gasteiger partial charge < -0.3 is 10.1 Å². The fraction of sp³-hybridized carbons (Fsp3) is 0.364. The monoisotopic (exact) mass is 240 g/mol. The third kappa shape index (κ3) is 4.01. The minimum absolute atomic E-state index is 0.301. The first-order valence-corrected chi connectivity index (χ1v) is 5.21. The quantitative estimate of drug-likeness (QED) is 0.241. The predicted octanol–water partition coefficient (Wildman–Crippen LogP) is 1.01. The van der Waals surface area contributed by atoms with E-state index in [-0.39, 0.29) is 5.82 Å². The normalized spacial score (nSPS) is 11.4. The van der Waals surface area contributed by atoms with Gasteiger partial charge in [0.25, 0.3) is 0 Å². The van der Waals surface area contributed by atoms with E-state index < -0.39 is 0 Å². The van der Waals surface area contributed by atoms with Gasteiger partial charge >= 0.3 is 0 Å². The lowest BCUT2D eigenvalue weighted by Crippen LogP contribution is -2.37. The van der Waals surface area contributed by atoms with Crippen molar-refractivity contribution in [2.24, 2.45) is 10.8 Å². The van der Waals surface area contributed by atoms with Crippen LogP contribution in [0.3, 0.4) is 0 Å². The van der Waals surface area contributed by atoms with E-state index in [9.17, 15) is 4.39 Å².